The Morgan fingerprint density at radius 3 is 2.88 bits per heavy atom. The van der Waals surface area contributed by atoms with E-state index in [2.05, 4.69) is 28.4 Å². The van der Waals surface area contributed by atoms with Crippen molar-refractivity contribution in [2.75, 3.05) is 13.3 Å². The molecule has 0 saturated heterocycles. The molecule has 0 spiro atoms. The van der Waals surface area contributed by atoms with E-state index in [0.29, 0.717) is 11.9 Å². The van der Waals surface area contributed by atoms with Crippen LogP contribution < -0.4 is 0 Å². The summed E-state index contributed by atoms with van der Waals surface area (Å²) in [6.45, 7) is 2.60. The van der Waals surface area contributed by atoms with Gasteiger partial charge in [-0.15, -0.1) is 10.2 Å². The third kappa shape index (κ3) is 2.58. The highest BCUT2D eigenvalue weighted by atomic mass is 32.2. The molecular weight excluding hydrogens is 222 g/mol. The number of thioether (sulfide) groups is 1. The van der Waals surface area contributed by atoms with Crippen LogP contribution in [-0.2, 0) is 6.54 Å². The van der Waals surface area contributed by atoms with E-state index >= 15 is 0 Å². The molecule has 1 heterocycles. The van der Waals surface area contributed by atoms with Gasteiger partial charge in [-0.05, 0) is 26.1 Å². The zero-order valence-corrected chi connectivity index (χ0v) is 11.0. The highest BCUT2D eigenvalue weighted by Gasteiger charge is 2.30. The molecular formula is C11H19N3OS. The molecule has 1 aromatic heterocycles. The van der Waals surface area contributed by atoms with Crippen molar-refractivity contribution in [3.05, 3.63) is 11.8 Å². The lowest BCUT2D eigenvalue weighted by atomic mass is 10.2. The van der Waals surface area contributed by atoms with Crippen molar-refractivity contribution in [1.29, 1.82) is 0 Å². The lowest BCUT2D eigenvalue weighted by Gasteiger charge is -2.27. The van der Waals surface area contributed by atoms with E-state index in [1.54, 1.807) is 0 Å². The summed E-state index contributed by atoms with van der Waals surface area (Å²) in [7, 11) is 2.15. The number of aryl methyl sites for hydroxylation is 1. The van der Waals surface area contributed by atoms with Gasteiger partial charge in [0, 0.05) is 18.2 Å². The Labute approximate surface area is 101 Å². The molecule has 16 heavy (non-hydrogen) atoms. The van der Waals surface area contributed by atoms with Gasteiger partial charge in [0.25, 0.3) is 0 Å². The molecule has 0 amide bonds. The van der Waals surface area contributed by atoms with Crippen LogP contribution in [0.25, 0.3) is 0 Å². The van der Waals surface area contributed by atoms with Gasteiger partial charge in [-0.2, -0.15) is 11.8 Å². The van der Waals surface area contributed by atoms with Crippen molar-refractivity contribution in [2.24, 2.45) is 0 Å². The standard InChI is InChI=1S/C11H19N3OS/c1-8-12-13-11(15-8)7-14(2)9-5-4-6-10(9)16-3/h9-10H,4-7H2,1-3H3. The van der Waals surface area contributed by atoms with Crippen LogP contribution in [0.1, 0.15) is 31.0 Å². The Hall–Kier alpha value is -0.550. The molecule has 1 saturated carbocycles. The maximum atomic E-state index is 5.41. The second-order valence-electron chi connectivity index (χ2n) is 4.40. The largest absolute Gasteiger partial charge is 0.424 e. The minimum Gasteiger partial charge on any atom is -0.424 e. The monoisotopic (exact) mass is 241 g/mol. The fourth-order valence-electron chi connectivity index (χ4n) is 2.42. The quantitative estimate of drug-likeness (QED) is 0.807. The molecule has 0 N–H and O–H groups in total. The van der Waals surface area contributed by atoms with Gasteiger partial charge in [-0.1, -0.05) is 6.42 Å². The second-order valence-corrected chi connectivity index (χ2v) is 5.48. The smallest absolute Gasteiger partial charge is 0.230 e. The van der Waals surface area contributed by atoms with Gasteiger partial charge in [-0.25, -0.2) is 0 Å². The fourth-order valence-corrected chi connectivity index (χ4v) is 3.48. The Morgan fingerprint density at radius 2 is 2.25 bits per heavy atom. The summed E-state index contributed by atoms with van der Waals surface area (Å²) >= 11 is 1.98. The predicted molar refractivity (Wildman–Crippen MR) is 65.4 cm³/mol. The van der Waals surface area contributed by atoms with E-state index in [1.807, 2.05) is 18.7 Å². The summed E-state index contributed by atoms with van der Waals surface area (Å²) in [5.74, 6) is 1.38. The molecule has 0 aliphatic heterocycles. The van der Waals surface area contributed by atoms with E-state index in [9.17, 15) is 0 Å². The molecule has 0 radical (unpaired) electrons. The molecule has 2 rings (SSSR count). The van der Waals surface area contributed by atoms with Crippen molar-refractivity contribution >= 4 is 11.8 Å². The molecule has 90 valence electrons. The maximum absolute atomic E-state index is 5.41. The van der Waals surface area contributed by atoms with Crippen molar-refractivity contribution < 1.29 is 4.42 Å². The van der Waals surface area contributed by atoms with Crippen molar-refractivity contribution in [3.8, 4) is 0 Å². The SMILES string of the molecule is CSC1CCCC1N(C)Cc1nnc(C)o1. The van der Waals surface area contributed by atoms with Crippen molar-refractivity contribution in [2.45, 2.75) is 44.0 Å². The molecule has 4 nitrogen and oxygen atoms in total. The Balaban J connectivity index is 1.94. The molecule has 1 aromatic rings. The zero-order valence-electron chi connectivity index (χ0n) is 10.1. The average Bonchev–Trinajstić information content (AvgIpc) is 2.86. The van der Waals surface area contributed by atoms with Crippen LogP contribution in [0.3, 0.4) is 0 Å². The Bertz CT molecular complexity index is 342. The fraction of sp³-hybridized carbons (Fsp3) is 0.818. The molecule has 2 unspecified atom stereocenters. The first-order valence-corrected chi connectivity index (χ1v) is 7.01. The highest BCUT2D eigenvalue weighted by molar-refractivity contribution is 7.99. The summed E-state index contributed by atoms with van der Waals surface area (Å²) in [6.07, 6.45) is 6.16. The molecule has 0 bridgehead atoms. The third-order valence-corrected chi connectivity index (χ3v) is 4.39. The van der Waals surface area contributed by atoms with Crippen LogP contribution in [0.5, 0.6) is 0 Å². The van der Waals surface area contributed by atoms with E-state index in [1.165, 1.54) is 19.3 Å². The third-order valence-electron chi connectivity index (χ3n) is 3.24. The minimum atomic E-state index is 0.649. The molecule has 5 heteroatoms. The second kappa shape index (κ2) is 5.19. The zero-order chi connectivity index (χ0) is 11.5. The average molecular weight is 241 g/mol. The number of aromatic nitrogens is 2. The highest BCUT2D eigenvalue weighted by Crippen LogP contribution is 2.32. The summed E-state index contributed by atoms with van der Waals surface area (Å²) in [5.41, 5.74) is 0. The minimum absolute atomic E-state index is 0.649. The lowest BCUT2D eigenvalue weighted by Crippen LogP contribution is -2.35. The van der Waals surface area contributed by atoms with E-state index in [0.717, 1.165) is 17.7 Å². The van der Waals surface area contributed by atoms with E-state index < -0.39 is 0 Å². The van der Waals surface area contributed by atoms with Crippen LogP contribution in [0.4, 0.5) is 0 Å². The normalized spacial score (nSPS) is 25.5. The van der Waals surface area contributed by atoms with Gasteiger partial charge >= 0.3 is 0 Å². The van der Waals surface area contributed by atoms with Crippen LogP contribution >= 0.6 is 11.8 Å². The van der Waals surface area contributed by atoms with Crippen LogP contribution in [-0.4, -0.2) is 39.7 Å². The summed E-state index contributed by atoms with van der Waals surface area (Å²) < 4.78 is 5.41. The maximum Gasteiger partial charge on any atom is 0.230 e. The van der Waals surface area contributed by atoms with Gasteiger partial charge < -0.3 is 4.42 Å². The number of rotatable bonds is 4. The van der Waals surface area contributed by atoms with Crippen molar-refractivity contribution in [3.63, 3.8) is 0 Å². The van der Waals surface area contributed by atoms with Gasteiger partial charge in [0.15, 0.2) is 0 Å². The van der Waals surface area contributed by atoms with Gasteiger partial charge in [0.05, 0.1) is 6.54 Å². The van der Waals surface area contributed by atoms with Crippen molar-refractivity contribution in [1.82, 2.24) is 15.1 Å². The first-order chi connectivity index (χ1) is 7.70. The van der Waals surface area contributed by atoms with Crippen LogP contribution in [0.2, 0.25) is 0 Å². The van der Waals surface area contributed by atoms with E-state index in [4.69, 9.17) is 4.42 Å². The van der Waals surface area contributed by atoms with Crippen LogP contribution in [0.15, 0.2) is 4.42 Å². The number of hydrogen-bond donors (Lipinski definition) is 0. The molecule has 2 atom stereocenters. The van der Waals surface area contributed by atoms with Crippen LogP contribution in [0, 0.1) is 6.92 Å². The summed E-state index contributed by atoms with van der Waals surface area (Å²) in [5, 5.41) is 8.66. The first-order valence-electron chi connectivity index (χ1n) is 5.72. The first kappa shape index (κ1) is 11.9. The molecule has 0 aromatic carbocycles. The molecule has 1 aliphatic rings. The molecule has 1 aliphatic carbocycles. The number of nitrogens with zero attached hydrogens (tertiary/aromatic N) is 3. The summed E-state index contributed by atoms with van der Waals surface area (Å²) in [4.78, 5) is 2.35. The van der Waals surface area contributed by atoms with Gasteiger partial charge in [0.1, 0.15) is 0 Å². The lowest BCUT2D eigenvalue weighted by molar-refractivity contribution is 0.217. The Morgan fingerprint density at radius 1 is 1.44 bits per heavy atom. The number of hydrogen-bond acceptors (Lipinski definition) is 5. The van der Waals surface area contributed by atoms with E-state index in [-0.39, 0.29) is 0 Å². The topological polar surface area (TPSA) is 42.2 Å². The van der Waals surface area contributed by atoms with Gasteiger partial charge in [-0.3, -0.25) is 4.90 Å². The van der Waals surface area contributed by atoms with Gasteiger partial charge in [0.2, 0.25) is 11.8 Å². The predicted octanol–water partition coefficient (Wildman–Crippen LogP) is 2.09. The summed E-state index contributed by atoms with van der Waals surface area (Å²) in [6, 6.07) is 0.655. The Kier molecular flexibility index (Phi) is 3.86. The molecule has 1 fully saturated rings.